The molecular weight excluding hydrogens is 616 g/mol. The lowest BCUT2D eigenvalue weighted by Gasteiger charge is -2.43. The Morgan fingerprint density at radius 2 is 1.69 bits per heavy atom. The Labute approximate surface area is 271 Å². The molecule has 1 unspecified atom stereocenters. The highest BCUT2D eigenvalue weighted by Gasteiger charge is 2.39. The third-order valence-corrected chi connectivity index (χ3v) is 10.6. The first kappa shape index (κ1) is 32.8. The SMILES string of the molecule is CCc1ccc(-c2ccncc2)cc1CN(C(=O)c1sc2c(F)ccc(F)c2c1Cl)C1CCC(C(NC(=O)O)C(C)(C)C)CC1. The molecule has 5 rings (SSSR count). The van der Waals surface area contributed by atoms with Gasteiger partial charge in [0.25, 0.3) is 5.91 Å². The summed E-state index contributed by atoms with van der Waals surface area (Å²) in [7, 11) is 0. The van der Waals surface area contributed by atoms with Crippen LogP contribution in [0, 0.1) is 23.0 Å². The summed E-state index contributed by atoms with van der Waals surface area (Å²) in [6.07, 6.45) is 5.94. The third kappa shape index (κ3) is 6.99. The van der Waals surface area contributed by atoms with Crippen molar-refractivity contribution in [2.75, 3.05) is 0 Å². The number of nitrogens with zero attached hydrogens (tertiary/aromatic N) is 2. The highest BCUT2D eigenvalue weighted by Crippen LogP contribution is 2.42. The van der Waals surface area contributed by atoms with E-state index in [4.69, 9.17) is 11.6 Å². The fourth-order valence-electron chi connectivity index (χ4n) is 6.68. The number of hydrogen-bond donors (Lipinski definition) is 2. The first-order chi connectivity index (χ1) is 21.4. The summed E-state index contributed by atoms with van der Waals surface area (Å²) in [5, 5.41) is 12.1. The van der Waals surface area contributed by atoms with E-state index in [2.05, 4.69) is 35.4 Å². The van der Waals surface area contributed by atoms with E-state index in [0.29, 0.717) is 19.4 Å². The van der Waals surface area contributed by atoms with Gasteiger partial charge < -0.3 is 15.3 Å². The van der Waals surface area contributed by atoms with Gasteiger partial charge in [0.2, 0.25) is 0 Å². The van der Waals surface area contributed by atoms with Crippen LogP contribution >= 0.6 is 22.9 Å². The molecule has 0 radical (unpaired) electrons. The number of fused-ring (bicyclic) bond motifs is 1. The molecule has 2 aromatic carbocycles. The van der Waals surface area contributed by atoms with Gasteiger partial charge in [-0.15, -0.1) is 11.3 Å². The van der Waals surface area contributed by atoms with Gasteiger partial charge in [0.15, 0.2) is 0 Å². The summed E-state index contributed by atoms with van der Waals surface area (Å²) in [5.74, 6) is -1.56. The number of pyridine rings is 1. The molecule has 1 aliphatic rings. The van der Waals surface area contributed by atoms with E-state index < -0.39 is 17.7 Å². The minimum atomic E-state index is -1.05. The second-order valence-electron chi connectivity index (χ2n) is 12.8. The summed E-state index contributed by atoms with van der Waals surface area (Å²) in [4.78, 5) is 32.1. The number of amides is 2. The Balaban J connectivity index is 1.52. The van der Waals surface area contributed by atoms with Crippen LogP contribution in [0.25, 0.3) is 21.2 Å². The van der Waals surface area contributed by atoms with Crippen molar-refractivity contribution in [3.8, 4) is 11.1 Å². The number of aryl methyl sites for hydroxylation is 1. The molecular formula is C35H38ClF2N3O3S. The van der Waals surface area contributed by atoms with Crippen molar-refractivity contribution in [2.45, 2.75) is 78.4 Å². The van der Waals surface area contributed by atoms with Crippen molar-refractivity contribution in [1.29, 1.82) is 0 Å². The molecule has 1 aliphatic carbocycles. The summed E-state index contributed by atoms with van der Waals surface area (Å²) >= 11 is 7.51. The monoisotopic (exact) mass is 653 g/mol. The van der Waals surface area contributed by atoms with Crippen molar-refractivity contribution < 1.29 is 23.5 Å². The predicted molar refractivity (Wildman–Crippen MR) is 176 cm³/mol. The van der Waals surface area contributed by atoms with Crippen molar-refractivity contribution in [3.05, 3.63) is 87.5 Å². The average Bonchev–Trinajstić information content (AvgIpc) is 3.38. The number of carbonyl (C=O) groups excluding carboxylic acids is 1. The van der Waals surface area contributed by atoms with E-state index in [1.807, 2.05) is 37.8 Å². The van der Waals surface area contributed by atoms with Crippen LogP contribution in [0.5, 0.6) is 0 Å². The van der Waals surface area contributed by atoms with Gasteiger partial charge in [0, 0.05) is 31.0 Å². The van der Waals surface area contributed by atoms with Gasteiger partial charge in [-0.25, -0.2) is 13.6 Å². The molecule has 2 N–H and O–H groups in total. The molecule has 1 atom stereocenters. The van der Waals surface area contributed by atoms with Crippen LogP contribution in [0.15, 0.2) is 54.9 Å². The molecule has 238 valence electrons. The quantitative estimate of drug-likeness (QED) is 0.199. The number of benzene rings is 2. The Morgan fingerprint density at radius 1 is 1.02 bits per heavy atom. The van der Waals surface area contributed by atoms with E-state index in [0.717, 1.165) is 65.0 Å². The zero-order chi connectivity index (χ0) is 32.5. The molecule has 0 saturated heterocycles. The Morgan fingerprint density at radius 3 is 2.29 bits per heavy atom. The first-order valence-corrected chi connectivity index (χ1v) is 16.5. The van der Waals surface area contributed by atoms with Crippen molar-refractivity contribution in [1.82, 2.24) is 15.2 Å². The Bertz CT molecular complexity index is 1700. The van der Waals surface area contributed by atoms with Crippen LogP contribution in [0.1, 0.15) is 74.2 Å². The standard InChI is InChI=1S/C35H38ClF2N3O3S/c1-5-20-6-7-23(21-14-16-39-17-15-21)18-24(20)19-41(25-10-8-22(9-11-25)32(35(2,3)4)40-34(43)44)33(42)31-29(36)28-26(37)12-13-27(38)30(28)45-31/h6-7,12-18,22,25,32,40H,5,8-11,19H2,1-4H3,(H,43,44). The zero-order valence-corrected chi connectivity index (χ0v) is 27.4. The molecule has 0 spiro atoms. The largest absolute Gasteiger partial charge is 0.465 e. The molecule has 0 aliphatic heterocycles. The number of nitrogens with one attached hydrogen (secondary N) is 1. The summed E-state index contributed by atoms with van der Waals surface area (Å²) in [6, 6.07) is 11.8. The fraction of sp³-hybridized carbons (Fsp3) is 0.400. The van der Waals surface area contributed by atoms with E-state index in [1.54, 1.807) is 12.4 Å². The molecule has 1 saturated carbocycles. The van der Waals surface area contributed by atoms with E-state index in [1.165, 1.54) is 0 Å². The minimum absolute atomic E-state index is 0.0219. The van der Waals surface area contributed by atoms with Gasteiger partial charge in [-0.05, 0) is 96.0 Å². The number of rotatable bonds is 8. The molecule has 0 bridgehead atoms. The molecule has 10 heteroatoms. The predicted octanol–water partition coefficient (Wildman–Crippen LogP) is 9.34. The second-order valence-corrected chi connectivity index (χ2v) is 14.2. The molecule has 45 heavy (non-hydrogen) atoms. The van der Waals surface area contributed by atoms with E-state index >= 15 is 0 Å². The number of carboxylic acid groups (broad SMARTS) is 1. The van der Waals surface area contributed by atoms with Crippen LogP contribution in [-0.2, 0) is 13.0 Å². The van der Waals surface area contributed by atoms with Crippen LogP contribution in [0.3, 0.4) is 0 Å². The smallest absolute Gasteiger partial charge is 0.404 e. The van der Waals surface area contributed by atoms with Gasteiger partial charge in [-0.3, -0.25) is 9.78 Å². The van der Waals surface area contributed by atoms with Crippen LogP contribution in [-0.4, -0.2) is 39.1 Å². The zero-order valence-electron chi connectivity index (χ0n) is 25.9. The molecule has 6 nitrogen and oxygen atoms in total. The summed E-state index contributed by atoms with van der Waals surface area (Å²) in [6.45, 7) is 8.44. The fourth-order valence-corrected chi connectivity index (χ4v) is 8.18. The molecule has 2 heterocycles. The van der Waals surface area contributed by atoms with Crippen LogP contribution in [0.2, 0.25) is 5.02 Å². The van der Waals surface area contributed by atoms with E-state index in [-0.39, 0.29) is 49.3 Å². The summed E-state index contributed by atoms with van der Waals surface area (Å²) < 4.78 is 29.6. The van der Waals surface area contributed by atoms with Gasteiger partial charge in [-0.1, -0.05) is 51.4 Å². The highest BCUT2D eigenvalue weighted by atomic mass is 35.5. The number of hydrogen-bond acceptors (Lipinski definition) is 4. The maximum Gasteiger partial charge on any atom is 0.404 e. The number of halogens is 3. The van der Waals surface area contributed by atoms with Crippen LogP contribution in [0.4, 0.5) is 13.6 Å². The lowest BCUT2D eigenvalue weighted by molar-refractivity contribution is 0.0544. The average molecular weight is 654 g/mol. The normalized spacial score (nSPS) is 17.7. The van der Waals surface area contributed by atoms with Crippen molar-refractivity contribution in [3.63, 3.8) is 0 Å². The Hall–Kier alpha value is -3.56. The van der Waals surface area contributed by atoms with Gasteiger partial charge in [0.1, 0.15) is 16.5 Å². The maximum absolute atomic E-state index is 14.8. The van der Waals surface area contributed by atoms with Crippen molar-refractivity contribution in [2.24, 2.45) is 11.3 Å². The second kappa shape index (κ2) is 13.4. The lowest BCUT2D eigenvalue weighted by Crippen LogP contribution is -2.50. The third-order valence-electron chi connectivity index (χ3n) is 8.94. The van der Waals surface area contributed by atoms with Gasteiger partial charge >= 0.3 is 6.09 Å². The Kier molecular flexibility index (Phi) is 9.80. The maximum atomic E-state index is 14.8. The molecule has 2 aromatic heterocycles. The first-order valence-electron chi connectivity index (χ1n) is 15.3. The molecule has 4 aromatic rings. The van der Waals surface area contributed by atoms with Crippen molar-refractivity contribution >= 4 is 45.0 Å². The van der Waals surface area contributed by atoms with E-state index in [9.17, 15) is 23.5 Å². The van der Waals surface area contributed by atoms with Crippen LogP contribution < -0.4 is 5.32 Å². The highest BCUT2D eigenvalue weighted by molar-refractivity contribution is 7.21. The number of thiophene rings is 1. The minimum Gasteiger partial charge on any atom is -0.465 e. The number of aromatic nitrogens is 1. The van der Waals surface area contributed by atoms with Gasteiger partial charge in [0.05, 0.1) is 15.1 Å². The molecule has 2 amide bonds. The lowest BCUT2D eigenvalue weighted by atomic mass is 9.72. The number of carbonyl (C=O) groups is 2. The topological polar surface area (TPSA) is 82.5 Å². The summed E-state index contributed by atoms with van der Waals surface area (Å²) in [5.41, 5.74) is 3.80. The van der Waals surface area contributed by atoms with Gasteiger partial charge in [-0.2, -0.15) is 0 Å². The molecule has 1 fully saturated rings.